The van der Waals surface area contributed by atoms with Crippen molar-refractivity contribution < 1.29 is 28.7 Å². The maximum atomic E-state index is 12.7. The van der Waals surface area contributed by atoms with Gasteiger partial charge in [-0.2, -0.15) is 0 Å². The van der Waals surface area contributed by atoms with E-state index >= 15 is 0 Å². The SMILES string of the molecule is COc1cccc(C=Cc2cc(OC)c(OC)c(OC)c2)c1NC(=O)/C=C/c1cccc([N+](=O)[O-])c1. The van der Waals surface area contributed by atoms with Crippen molar-refractivity contribution in [3.63, 3.8) is 0 Å². The Hall–Kier alpha value is -4.79. The predicted octanol–water partition coefficient (Wildman–Crippen LogP) is 5.45. The van der Waals surface area contributed by atoms with Crippen LogP contribution in [0.2, 0.25) is 0 Å². The van der Waals surface area contributed by atoms with Gasteiger partial charge in [-0.3, -0.25) is 14.9 Å². The van der Waals surface area contributed by atoms with Gasteiger partial charge in [0.25, 0.3) is 5.69 Å². The Kier molecular flexibility index (Phi) is 8.66. The Morgan fingerprint density at radius 2 is 1.47 bits per heavy atom. The quantitative estimate of drug-likeness (QED) is 0.174. The number of rotatable bonds is 10. The largest absolute Gasteiger partial charge is 0.495 e. The highest BCUT2D eigenvalue weighted by molar-refractivity contribution is 6.04. The summed E-state index contributed by atoms with van der Waals surface area (Å²) in [7, 11) is 6.13. The van der Waals surface area contributed by atoms with E-state index in [1.54, 1.807) is 44.6 Å². The van der Waals surface area contributed by atoms with E-state index in [9.17, 15) is 14.9 Å². The molecular formula is C27H26N2O7. The molecule has 0 saturated heterocycles. The molecule has 3 aromatic carbocycles. The highest BCUT2D eigenvalue weighted by Gasteiger charge is 2.13. The summed E-state index contributed by atoms with van der Waals surface area (Å²) in [6.45, 7) is 0. The van der Waals surface area contributed by atoms with Crippen molar-refractivity contribution in [3.05, 3.63) is 87.5 Å². The van der Waals surface area contributed by atoms with Crippen LogP contribution in [0.4, 0.5) is 11.4 Å². The number of nitro groups is 1. The van der Waals surface area contributed by atoms with Crippen LogP contribution in [0.25, 0.3) is 18.2 Å². The van der Waals surface area contributed by atoms with E-state index in [1.165, 1.54) is 38.5 Å². The van der Waals surface area contributed by atoms with Crippen LogP contribution in [-0.2, 0) is 4.79 Å². The lowest BCUT2D eigenvalue weighted by atomic mass is 10.1. The van der Waals surface area contributed by atoms with Gasteiger partial charge >= 0.3 is 0 Å². The van der Waals surface area contributed by atoms with Gasteiger partial charge in [-0.15, -0.1) is 0 Å². The van der Waals surface area contributed by atoms with Crippen LogP contribution in [0.5, 0.6) is 23.0 Å². The van der Waals surface area contributed by atoms with Crippen molar-refractivity contribution in [3.8, 4) is 23.0 Å². The first-order valence-electron chi connectivity index (χ1n) is 10.8. The van der Waals surface area contributed by atoms with Crippen molar-refractivity contribution in [1.29, 1.82) is 0 Å². The van der Waals surface area contributed by atoms with Crippen LogP contribution in [-0.4, -0.2) is 39.3 Å². The van der Waals surface area contributed by atoms with Crippen LogP contribution >= 0.6 is 0 Å². The summed E-state index contributed by atoms with van der Waals surface area (Å²) in [6, 6.07) is 15.0. The fourth-order valence-corrected chi connectivity index (χ4v) is 3.45. The van der Waals surface area contributed by atoms with Gasteiger partial charge in [0.1, 0.15) is 5.75 Å². The van der Waals surface area contributed by atoms with E-state index in [4.69, 9.17) is 18.9 Å². The molecular weight excluding hydrogens is 464 g/mol. The number of benzene rings is 3. The maximum Gasteiger partial charge on any atom is 0.270 e. The molecule has 0 bridgehead atoms. The number of ether oxygens (including phenoxy) is 4. The number of methoxy groups -OCH3 is 4. The molecule has 0 aromatic heterocycles. The molecule has 0 spiro atoms. The topological polar surface area (TPSA) is 109 Å². The molecule has 186 valence electrons. The number of nitrogens with zero attached hydrogens (tertiary/aromatic N) is 1. The fourth-order valence-electron chi connectivity index (χ4n) is 3.45. The lowest BCUT2D eigenvalue weighted by Gasteiger charge is -2.13. The van der Waals surface area contributed by atoms with Gasteiger partial charge in [0.15, 0.2) is 11.5 Å². The first-order valence-corrected chi connectivity index (χ1v) is 10.8. The molecule has 0 fully saturated rings. The summed E-state index contributed by atoms with van der Waals surface area (Å²) >= 11 is 0. The van der Waals surface area contributed by atoms with Gasteiger partial charge in [-0.05, 0) is 35.4 Å². The molecule has 0 aliphatic rings. The number of amides is 1. The average molecular weight is 491 g/mol. The monoisotopic (exact) mass is 490 g/mol. The number of carbonyl (C=O) groups is 1. The Labute approximate surface area is 208 Å². The van der Waals surface area contributed by atoms with Crippen LogP contribution in [0.1, 0.15) is 16.7 Å². The molecule has 0 saturated carbocycles. The molecule has 0 unspecified atom stereocenters. The minimum absolute atomic E-state index is 0.0542. The zero-order chi connectivity index (χ0) is 26.1. The second kappa shape index (κ2) is 12.1. The summed E-state index contributed by atoms with van der Waals surface area (Å²) < 4.78 is 21.6. The Morgan fingerprint density at radius 1 is 0.806 bits per heavy atom. The summed E-state index contributed by atoms with van der Waals surface area (Å²) in [4.78, 5) is 23.2. The molecule has 0 atom stereocenters. The summed E-state index contributed by atoms with van der Waals surface area (Å²) in [6.07, 6.45) is 6.47. The van der Waals surface area contributed by atoms with Gasteiger partial charge in [0.2, 0.25) is 11.7 Å². The van der Waals surface area contributed by atoms with Gasteiger partial charge in [0.05, 0.1) is 39.0 Å². The van der Waals surface area contributed by atoms with Crippen LogP contribution < -0.4 is 24.3 Å². The molecule has 9 nitrogen and oxygen atoms in total. The number of anilines is 1. The lowest BCUT2D eigenvalue weighted by molar-refractivity contribution is -0.384. The smallest absolute Gasteiger partial charge is 0.270 e. The molecule has 1 amide bonds. The summed E-state index contributed by atoms with van der Waals surface area (Å²) in [5, 5.41) is 13.8. The molecule has 1 N–H and O–H groups in total. The molecule has 0 aliphatic heterocycles. The molecule has 9 heteroatoms. The van der Waals surface area contributed by atoms with Crippen molar-refractivity contribution >= 4 is 35.5 Å². The van der Waals surface area contributed by atoms with Gasteiger partial charge < -0.3 is 24.3 Å². The van der Waals surface area contributed by atoms with Gasteiger partial charge in [-0.25, -0.2) is 0 Å². The summed E-state index contributed by atoms with van der Waals surface area (Å²) in [5.74, 6) is 1.57. The van der Waals surface area contributed by atoms with E-state index in [0.29, 0.717) is 39.8 Å². The number of para-hydroxylation sites is 1. The number of hydrogen-bond donors (Lipinski definition) is 1. The fraction of sp³-hybridized carbons (Fsp3) is 0.148. The number of nitrogens with one attached hydrogen (secondary N) is 1. The van der Waals surface area contributed by atoms with Crippen LogP contribution in [0.3, 0.4) is 0 Å². The first-order chi connectivity index (χ1) is 17.4. The first kappa shape index (κ1) is 25.8. The predicted molar refractivity (Wildman–Crippen MR) is 139 cm³/mol. The number of non-ortho nitro benzene ring substituents is 1. The Balaban J connectivity index is 1.88. The molecule has 0 heterocycles. The second-order valence-electron chi connectivity index (χ2n) is 7.39. The maximum absolute atomic E-state index is 12.7. The molecule has 36 heavy (non-hydrogen) atoms. The van der Waals surface area contributed by atoms with Crippen LogP contribution in [0, 0.1) is 10.1 Å². The van der Waals surface area contributed by atoms with Crippen LogP contribution in [0.15, 0.2) is 60.7 Å². The minimum Gasteiger partial charge on any atom is -0.495 e. The highest BCUT2D eigenvalue weighted by atomic mass is 16.6. The van der Waals surface area contributed by atoms with E-state index in [0.717, 1.165) is 5.56 Å². The standard InChI is InChI=1S/C27H26N2O7/c1-33-22-10-6-8-20(13-11-19-16-23(34-2)27(36-4)24(17-19)35-3)26(22)28-25(30)14-12-18-7-5-9-21(15-18)29(31)32/h5-17H,1-4H3,(H,28,30)/b13-11?,14-12+. The Bertz CT molecular complexity index is 1290. The zero-order valence-electron chi connectivity index (χ0n) is 20.3. The third kappa shape index (κ3) is 6.20. The highest BCUT2D eigenvalue weighted by Crippen LogP contribution is 2.39. The van der Waals surface area contributed by atoms with Gasteiger partial charge in [0, 0.05) is 23.8 Å². The van der Waals surface area contributed by atoms with E-state index in [-0.39, 0.29) is 5.69 Å². The number of carbonyl (C=O) groups excluding carboxylic acids is 1. The molecule has 0 aliphatic carbocycles. The molecule has 0 radical (unpaired) electrons. The summed E-state index contributed by atoms with van der Waals surface area (Å²) in [5.41, 5.74) is 2.43. The van der Waals surface area contributed by atoms with E-state index < -0.39 is 10.8 Å². The molecule has 3 aromatic rings. The van der Waals surface area contributed by atoms with Crippen molar-refractivity contribution in [1.82, 2.24) is 0 Å². The second-order valence-corrected chi connectivity index (χ2v) is 7.39. The Morgan fingerprint density at radius 3 is 2.08 bits per heavy atom. The minimum atomic E-state index is -0.487. The zero-order valence-corrected chi connectivity index (χ0v) is 20.3. The number of nitro benzene ring substituents is 1. The third-order valence-electron chi connectivity index (χ3n) is 5.18. The normalized spacial score (nSPS) is 10.9. The van der Waals surface area contributed by atoms with Crippen molar-refractivity contribution in [2.24, 2.45) is 0 Å². The van der Waals surface area contributed by atoms with E-state index in [2.05, 4.69) is 5.32 Å². The lowest BCUT2D eigenvalue weighted by Crippen LogP contribution is -2.10. The molecule has 3 rings (SSSR count). The van der Waals surface area contributed by atoms with Gasteiger partial charge in [-0.1, -0.05) is 36.4 Å². The van der Waals surface area contributed by atoms with Crippen molar-refractivity contribution in [2.45, 2.75) is 0 Å². The van der Waals surface area contributed by atoms with Crippen molar-refractivity contribution in [2.75, 3.05) is 33.8 Å². The average Bonchev–Trinajstić information content (AvgIpc) is 2.90. The van der Waals surface area contributed by atoms with E-state index in [1.807, 2.05) is 24.3 Å². The number of hydrogen-bond acceptors (Lipinski definition) is 7. The third-order valence-corrected chi connectivity index (χ3v) is 5.18.